The lowest BCUT2D eigenvalue weighted by Crippen LogP contribution is -2.40. The lowest BCUT2D eigenvalue weighted by molar-refractivity contribution is -0.160. The van der Waals surface area contributed by atoms with Crippen LogP contribution in [0.2, 0.25) is 0 Å². The Labute approximate surface area is 171 Å². The van der Waals surface area contributed by atoms with Crippen LogP contribution in [0.15, 0.2) is 46.9 Å². The molecule has 0 saturated heterocycles. The highest BCUT2D eigenvalue weighted by Gasteiger charge is 2.90. The predicted molar refractivity (Wildman–Crippen MR) is 105 cm³/mol. The zero-order chi connectivity index (χ0) is 20.3. The van der Waals surface area contributed by atoms with E-state index in [1.165, 1.54) is 7.11 Å². The highest BCUT2D eigenvalue weighted by Crippen LogP contribution is 2.80. The van der Waals surface area contributed by atoms with Crippen molar-refractivity contribution in [2.24, 2.45) is 10.8 Å². The maximum atomic E-state index is 13.7. The Morgan fingerprint density at radius 3 is 2.46 bits per heavy atom. The van der Waals surface area contributed by atoms with Crippen LogP contribution < -0.4 is 4.74 Å². The lowest BCUT2D eigenvalue weighted by atomic mass is 9.83. The summed E-state index contributed by atoms with van der Waals surface area (Å²) in [5.74, 6) is -1.93. The van der Waals surface area contributed by atoms with Crippen LogP contribution in [0.1, 0.15) is 40.7 Å². The van der Waals surface area contributed by atoms with Crippen LogP contribution in [0.25, 0.3) is 0 Å². The first-order valence-corrected chi connectivity index (χ1v) is 9.85. The molecule has 1 aliphatic heterocycles. The van der Waals surface area contributed by atoms with Crippen LogP contribution in [-0.2, 0) is 14.3 Å². The van der Waals surface area contributed by atoms with Crippen molar-refractivity contribution in [2.45, 2.75) is 26.2 Å². The molecule has 2 aromatic carbocycles. The molecule has 1 aliphatic carbocycles. The number of benzene rings is 2. The summed E-state index contributed by atoms with van der Waals surface area (Å²) in [5, 5.41) is 0. The second-order valence-corrected chi connectivity index (χ2v) is 8.24. The lowest BCUT2D eigenvalue weighted by Gasteiger charge is -2.22. The van der Waals surface area contributed by atoms with E-state index in [1.807, 2.05) is 32.0 Å². The Morgan fingerprint density at radius 1 is 1.18 bits per heavy atom. The van der Waals surface area contributed by atoms with E-state index < -0.39 is 28.7 Å². The van der Waals surface area contributed by atoms with Crippen molar-refractivity contribution < 1.29 is 23.9 Å². The van der Waals surface area contributed by atoms with Crippen molar-refractivity contribution in [3.63, 3.8) is 0 Å². The molecule has 0 N–H and O–H groups in total. The summed E-state index contributed by atoms with van der Waals surface area (Å²) in [6, 6.07) is 12.4. The summed E-state index contributed by atoms with van der Waals surface area (Å²) in [5.41, 5.74) is -0.743. The van der Waals surface area contributed by atoms with Gasteiger partial charge in [-0.2, -0.15) is 0 Å². The molecule has 0 spiro atoms. The van der Waals surface area contributed by atoms with Crippen LogP contribution in [0.4, 0.5) is 0 Å². The third-order valence-electron chi connectivity index (χ3n) is 6.14. The van der Waals surface area contributed by atoms with Crippen molar-refractivity contribution in [3.05, 3.63) is 63.6 Å². The summed E-state index contributed by atoms with van der Waals surface area (Å²) >= 11 is 3.43. The number of carbonyl (C=O) groups excluding carboxylic acids is 3. The van der Waals surface area contributed by atoms with E-state index in [-0.39, 0.29) is 5.78 Å². The Bertz CT molecular complexity index is 1010. The standard InChI is InChI=1S/C22H19BrO5/c1-4-21(18(24)13-7-5-12(2)6-8-13)17-15-11-14(23)9-10-16(15)28-20(26)22(17,21)19(25)27-3/h5-11,17H,4H2,1-3H3/t17-,21-,22-/m0/s1. The molecule has 6 heteroatoms. The molecule has 1 heterocycles. The number of fused-ring (bicyclic) bond motifs is 3. The fraction of sp³-hybridized carbons (Fsp3) is 0.318. The van der Waals surface area contributed by atoms with Gasteiger partial charge in [0.05, 0.1) is 12.5 Å². The van der Waals surface area contributed by atoms with Gasteiger partial charge < -0.3 is 9.47 Å². The second-order valence-electron chi connectivity index (χ2n) is 7.32. The van der Waals surface area contributed by atoms with E-state index in [9.17, 15) is 14.4 Å². The number of methoxy groups -OCH3 is 1. The molecule has 0 amide bonds. The fourth-order valence-electron chi connectivity index (χ4n) is 4.81. The Kier molecular flexibility index (Phi) is 4.23. The average Bonchev–Trinajstić information content (AvgIpc) is 3.35. The topological polar surface area (TPSA) is 69.7 Å². The first kappa shape index (κ1) is 18.9. The van der Waals surface area contributed by atoms with Crippen LogP contribution in [-0.4, -0.2) is 24.8 Å². The van der Waals surface area contributed by atoms with E-state index in [1.54, 1.807) is 24.3 Å². The Morgan fingerprint density at radius 2 is 1.86 bits per heavy atom. The van der Waals surface area contributed by atoms with Crippen LogP contribution >= 0.6 is 15.9 Å². The summed E-state index contributed by atoms with van der Waals surface area (Å²) in [6.07, 6.45) is 0.306. The number of esters is 2. The van der Waals surface area contributed by atoms with E-state index in [0.29, 0.717) is 23.3 Å². The average molecular weight is 443 g/mol. The van der Waals surface area contributed by atoms with Gasteiger partial charge in [-0.1, -0.05) is 52.7 Å². The number of hydrogen-bond acceptors (Lipinski definition) is 5. The quantitative estimate of drug-likeness (QED) is 0.307. The summed E-state index contributed by atoms with van der Waals surface area (Å²) in [7, 11) is 1.23. The van der Waals surface area contributed by atoms with E-state index in [4.69, 9.17) is 9.47 Å². The number of aryl methyl sites for hydroxylation is 1. The van der Waals surface area contributed by atoms with Gasteiger partial charge in [-0.15, -0.1) is 0 Å². The van der Waals surface area contributed by atoms with Gasteiger partial charge in [0.15, 0.2) is 11.2 Å². The first-order valence-electron chi connectivity index (χ1n) is 9.06. The molecule has 3 atom stereocenters. The van der Waals surface area contributed by atoms with Crippen LogP contribution in [0.5, 0.6) is 5.75 Å². The van der Waals surface area contributed by atoms with Crippen LogP contribution in [0.3, 0.4) is 0 Å². The molecule has 2 aliphatic rings. The minimum Gasteiger partial charge on any atom is -0.468 e. The largest absolute Gasteiger partial charge is 0.468 e. The van der Waals surface area contributed by atoms with Gasteiger partial charge in [0, 0.05) is 21.5 Å². The molecule has 144 valence electrons. The molecule has 0 aromatic heterocycles. The Balaban J connectivity index is 1.95. The molecule has 5 nitrogen and oxygen atoms in total. The smallest absolute Gasteiger partial charge is 0.330 e. The minimum atomic E-state index is -1.66. The highest BCUT2D eigenvalue weighted by atomic mass is 79.9. The number of rotatable bonds is 4. The molecule has 1 saturated carbocycles. The molecule has 1 fully saturated rings. The zero-order valence-corrected chi connectivity index (χ0v) is 17.3. The molecule has 0 unspecified atom stereocenters. The van der Waals surface area contributed by atoms with Gasteiger partial charge in [0.2, 0.25) is 0 Å². The molecule has 2 aromatic rings. The summed E-state index contributed by atoms with van der Waals surface area (Å²) in [4.78, 5) is 39.7. The highest BCUT2D eigenvalue weighted by molar-refractivity contribution is 9.10. The van der Waals surface area contributed by atoms with Gasteiger partial charge in [0.25, 0.3) is 0 Å². The van der Waals surface area contributed by atoms with Crippen molar-refractivity contribution in [1.29, 1.82) is 0 Å². The molecule has 28 heavy (non-hydrogen) atoms. The normalized spacial score (nSPS) is 27.3. The van der Waals surface area contributed by atoms with E-state index in [2.05, 4.69) is 15.9 Å². The van der Waals surface area contributed by atoms with Gasteiger partial charge in [-0.05, 0) is 31.5 Å². The van der Waals surface area contributed by atoms with Gasteiger partial charge in [-0.25, -0.2) is 0 Å². The number of carbonyl (C=O) groups is 3. The summed E-state index contributed by atoms with van der Waals surface area (Å²) in [6.45, 7) is 3.75. The molecule has 4 rings (SSSR count). The predicted octanol–water partition coefficient (Wildman–Crippen LogP) is 4.21. The minimum absolute atomic E-state index is 0.241. The number of ether oxygens (including phenoxy) is 2. The van der Waals surface area contributed by atoms with Crippen molar-refractivity contribution in [1.82, 2.24) is 0 Å². The van der Waals surface area contributed by atoms with Crippen molar-refractivity contribution in [2.75, 3.05) is 7.11 Å². The van der Waals surface area contributed by atoms with Crippen LogP contribution in [0, 0.1) is 17.8 Å². The van der Waals surface area contributed by atoms with E-state index >= 15 is 0 Å². The Hall–Kier alpha value is -2.47. The SMILES string of the molecule is CC[C@@]1(C(=O)c2ccc(C)cc2)[C@@H]2c3cc(Br)ccc3OC(=O)[C@@]21C(=O)OC. The maximum absolute atomic E-state index is 13.7. The number of Topliss-reactive ketones (excluding diaryl/α,β-unsaturated/α-hetero) is 1. The zero-order valence-electron chi connectivity index (χ0n) is 15.7. The first-order chi connectivity index (χ1) is 13.3. The van der Waals surface area contributed by atoms with Crippen molar-refractivity contribution in [3.8, 4) is 5.75 Å². The van der Waals surface area contributed by atoms with Gasteiger partial charge in [-0.3, -0.25) is 14.4 Å². The van der Waals surface area contributed by atoms with E-state index in [0.717, 1.165) is 10.0 Å². The summed E-state index contributed by atoms with van der Waals surface area (Å²) < 4.78 is 11.3. The van der Waals surface area contributed by atoms with Gasteiger partial charge in [0.1, 0.15) is 5.75 Å². The fourth-order valence-corrected chi connectivity index (χ4v) is 5.19. The monoisotopic (exact) mass is 442 g/mol. The number of halogens is 1. The molecular weight excluding hydrogens is 424 g/mol. The van der Waals surface area contributed by atoms with Gasteiger partial charge >= 0.3 is 11.9 Å². The molecule has 0 bridgehead atoms. The third-order valence-corrected chi connectivity index (χ3v) is 6.63. The molecule has 0 radical (unpaired) electrons. The number of ketones is 1. The maximum Gasteiger partial charge on any atom is 0.330 e. The molecular formula is C22H19BrO5. The number of hydrogen-bond donors (Lipinski definition) is 0. The second kappa shape index (κ2) is 6.27. The third kappa shape index (κ3) is 2.15. The van der Waals surface area contributed by atoms with Crippen molar-refractivity contribution >= 4 is 33.7 Å².